The van der Waals surface area contributed by atoms with Crippen LogP contribution in [0.15, 0.2) is 42.5 Å². The van der Waals surface area contributed by atoms with Crippen molar-refractivity contribution in [2.24, 2.45) is 0 Å². The molecule has 1 N–H and O–H groups in total. The second-order valence-electron chi connectivity index (χ2n) is 5.89. The van der Waals surface area contributed by atoms with Crippen molar-refractivity contribution in [3.8, 4) is 11.5 Å². The first-order valence-corrected chi connectivity index (χ1v) is 8.30. The highest BCUT2D eigenvalue weighted by Gasteiger charge is 2.05. The van der Waals surface area contributed by atoms with Gasteiger partial charge in [0.25, 0.3) is 5.91 Å². The van der Waals surface area contributed by atoms with E-state index >= 15 is 0 Å². The number of hydrogen-bond donors (Lipinski definition) is 1. The monoisotopic (exact) mass is 327 g/mol. The maximum absolute atomic E-state index is 12.0. The van der Waals surface area contributed by atoms with Gasteiger partial charge in [0, 0.05) is 5.69 Å². The van der Waals surface area contributed by atoms with Gasteiger partial charge in [0.15, 0.2) is 6.61 Å². The van der Waals surface area contributed by atoms with Gasteiger partial charge in [-0.05, 0) is 67.8 Å². The maximum Gasteiger partial charge on any atom is 0.262 e. The van der Waals surface area contributed by atoms with Crippen LogP contribution in [0.1, 0.15) is 30.9 Å². The Balaban J connectivity index is 1.81. The van der Waals surface area contributed by atoms with E-state index in [9.17, 15) is 4.79 Å². The molecule has 24 heavy (non-hydrogen) atoms. The first-order chi connectivity index (χ1) is 11.6. The van der Waals surface area contributed by atoms with Crippen LogP contribution in [0.4, 0.5) is 5.69 Å². The Labute approximate surface area is 143 Å². The maximum atomic E-state index is 12.0. The van der Waals surface area contributed by atoms with Gasteiger partial charge in [0.1, 0.15) is 11.5 Å². The smallest absolute Gasteiger partial charge is 0.262 e. The van der Waals surface area contributed by atoms with Crippen molar-refractivity contribution in [2.75, 3.05) is 18.5 Å². The summed E-state index contributed by atoms with van der Waals surface area (Å²) in [6.45, 7) is 6.83. The van der Waals surface area contributed by atoms with E-state index in [1.807, 2.05) is 50.2 Å². The van der Waals surface area contributed by atoms with Gasteiger partial charge in [-0.2, -0.15) is 0 Å². The molecule has 0 heterocycles. The van der Waals surface area contributed by atoms with E-state index in [0.29, 0.717) is 12.4 Å². The molecule has 0 radical (unpaired) electrons. The van der Waals surface area contributed by atoms with Crippen LogP contribution in [-0.4, -0.2) is 19.1 Å². The average molecular weight is 327 g/mol. The summed E-state index contributed by atoms with van der Waals surface area (Å²) < 4.78 is 11.2. The van der Waals surface area contributed by atoms with Crippen molar-refractivity contribution < 1.29 is 14.3 Å². The molecule has 128 valence electrons. The molecule has 2 aromatic rings. The lowest BCUT2D eigenvalue weighted by atomic mass is 10.1. The zero-order valence-corrected chi connectivity index (χ0v) is 14.6. The van der Waals surface area contributed by atoms with Gasteiger partial charge >= 0.3 is 0 Å². The van der Waals surface area contributed by atoms with Gasteiger partial charge in [-0.15, -0.1) is 0 Å². The number of nitrogens with one attached hydrogen (secondary N) is 1. The van der Waals surface area contributed by atoms with Crippen molar-refractivity contribution in [3.63, 3.8) is 0 Å². The standard InChI is InChI=1S/C20H25NO3/c1-4-5-10-23-18-8-6-17(7-9-18)21-20(22)14-24-19-12-15(2)11-16(3)13-19/h6-9,11-13H,4-5,10,14H2,1-3H3,(H,21,22). The number of carbonyl (C=O) groups is 1. The van der Waals surface area contributed by atoms with E-state index < -0.39 is 0 Å². The Morgan fingerprint density at radius 3 is 2.25 bits per heavy atom. The molecule has 1 amide bonds. The quantitative estimate of drug-likeness (QED) is 0.726. The second kappa shape index (κ2) is 8.96. The summed E-state index contributed by atoms with van der Waals surface area (Å²) in [5.41, 5.74) is 2.96. The third kappa shape index (κ3) is 5.95. The molecule has 0 unspecified atom stereocenters. The number of hydrogen-bond acceptors (Lipinski definition) is 3. The van der Waals surface area contributed by atoms with E-state index in [2.05, 4.69) is 18.3 Å². The molecule has 0 atom stereocenters. The lowest BCUT2D eigenvalue weighted by Crippen LogP contribution is -2.20. The molecule has 0 aliphatic rings. The van der Waals surface area contributed by atoms with Gasteiger partial charge in [-0.1, -0.05) is 19.4 Å². The fourth-order valence-corrected chi connectivity index (χ4v) is 2.33. The van der Waals surface area contributed by atoms with Crippen LogP contribution < -0.4 is 14.8 Å². The van der Waals surface area contributed by atoms with Crippen molar-refractivity contribution in [1.29, 1.82) is 0 Å². The highest BCUT2D eigenvalue weighted by Crippen LogP contribution is 2.17. The van der Waals surface area contributed by atoms with Crippen LogP contribution in [0.25, 0.3) is 0 Å². The summed E-state index contributed by atoms with van der Waals surface area (Å²) in [4.78, 5) is 12.0. The van der Waals surface area contributed by atoms with E-state index in [0.717, 1.165) is 35.4 Å². The number of unbranched alkanes of at least 4 members (excludes halogenated alkanes) is 1. The first kappa shape index (κ1) is 17.9. The molecule has 4 nitrogen and oxygen atoms in total. The number of amides is 1. The molecule has 0 saturated carbocycles. The Morgan fingerprint density at radius 1 is 0.958 bits per heavy atom. The van der Waals surface area contributed by atoms with E-state index in [1.165, 1.54) is 0 Å². The largest absolute Gasteiger partial charge is 0.494 e. The molecule has 0 aromatic heterocycles. The van der Waals surface area contributed by atoms with Crippen LogP contribution in [0, 0.1) is 13.8 Å². The zero-order chi connectivity index (χ0) is 17.4. The summed E-state index contributed by atoms with van der Waals surface area (Å²) >= 11 is 0. The van der Waals surface area contributed by atoms with Gasteiger partial charge in [0.2, 0.25) is 0 Å². The number of carbonyl (C=O) groups excluding carboxylic acids is 1. The Kier molecular flexibility index (Phi) is 6.67. The molecular weight excluding hydrogens is 302 g/mol. The minimum Gasteiger partial charge on any atom is -0.494 e. The highest BCUT2D eigenvalue weighted by molar-refractivity contribution is 5.91. The number of rotatable bonds is 8. The molecule has 0 saturated heterocycles. The molecule has 4 heteroatoms. The summed E-state index contributed by atoms with van der Waals surface area (Å²) in [7, 11) is 0. The summed E-state index contributed by atoms with van der Waals surface area (Å²) in [5.74, 6) is 1.34. The number of benzene rings is 2. The molecule has 0 aliphatic carbocycles. The highest BCUT2D eigenvalue weighted by atomic mass is 16.5. The fraction of sp³-hybridized carbons (Fsp3) is 0.350. The zero-order valence-electron chi connectivity index (χ0n) is 14.6. The topological polar surface area (TPSA) is 47.6 Å². The molecule has 0 aliphatic heterocycles. The summed E-state index contributed by atoms with van der Waals surface area (Å²) in [6, 6.07) is 13.3. The first-order valence-electron chi connectivity index (χ1n) is 8.30. The van der Waals surface area contributed by atoms with Gasteiger partial charge in [0.05, 0.1) is 6.61 Å². The van der Waals surface area contributed by atoms with Crippen molar-refractivity contribution >= 4 is 11.6 Å². The second-order valence-corrected chi connectivity index (χ2v) is 5.89. The number of anilines is 1. The number of aryl methyl sites for hydroxylation is 2. The van der Waals surface area contributed by atoms with Gasteiger partial charge < -0.3 is 14.8 Å². The minimum atomic E-state index is -0.186. The molecule has 2 rings (SSSR count). The minimum absolute atomic E-state index is 0.0162. The number of ether oxygens (including phenoxy) is 2. The fourth-order valence-electron chi connectivity index (χ4n) is 2.33. The van der Waals surface area contributed by atoms with Crippen molar-refractivity contribution in [1.82, 2.24) is 0 Å². The third-order valence-corrected chi connectivity index (χ3v) is 3.47. The van der Waals surface area contributed by atoms with E-state index in [-0.39, 0.29) is 12.5 Å². The predicted molar refractivity (Wildman–Crippen MR) is 96.9 cm³/mol. The Morgan fingerprint density at radius 2 is 1.62 bits per heavy atom. The Bertz CT molecular complexity index is 645. The van der Waals surface area contributed by atoms with Crippen LogP contribution in [-0.2, 0) is 4.79 Å². The Hall–Kier alpha value is -2.49. The lowest BCUT2D eigenvalue weighted by molar-refractivity contribution is -0.118. The molecular formula is C20H25NO3. The van der Waals surface area contributed by atoms with Gasteiger partial charge in [-0.25, -0.2) is 0 Å². The normalized spacial score (nSPS) is 10.3. The van der Waals surface area contributed by atoms with Crippen LogP contribution in [0.2, 0.25) is 0 Å². The molecule has 2 aromatic carbocycles. The predicted octanol–water partition coefficient (Wildman–Crippen LogP) is 4.50. The third-order valence-electron chi connectivity index (χ3n) is 3.47. The average Bonchev–Trinajstić information content (AvgIpc) is 2.54. The van der Waals surface area contributed by atoms with Crippen molar-refractivity contribution in [3.05, 3.63) is 53.6 Å². The molecule has 0 fully saturated rings. The van der Waals surface area contributed by atoms with Gasteiger partial charge in [-0.3, -0.25) is 4.79 Å². The van der Waals surface area contributed by atoms with Crippen LogP contribution >= 0.6 is 0 Å². The lowest BCUT2D eigenvalue weighted by Gasteiger charge is -2.10. The molecule has 0 spiro atoms. The summed E-state index contributed by atoms with van der Waals surface area (Å²) in [6.07, 6.45) is 2.14. The van der Waals surface area contributed by atoms with Crippen LogP contribution in [0.3, 0.4) is 0 Å². The molecule has 0 bridgehead atoms. The SMILES string of the molecule is CCCCOc1ccc(NC(=O)COc2cc(C)cc(C)c2)cc1. The van der Waals surface area contributed by atoms with Crippen molar-refractivity contribution in [2.45, 2.75) is 33.6 Å². The van der Waals surface area contributed by atoms with E-state index in [1.54, 1.807) is 0 Å². The summed E-state index contributed by atoms with van der Waals surface area (Å²) in [5, 5.41) is 2.82. The van der Waals surface area contributed by atoms with Crippen LogP contribution in [0.5, 0.6) is 11.5 Å². The van der Waals surface area contributed by atoms with E-state index in [4.69, 9.17) is 9.47 Å².